The minimum Gasteiger partial charge on any atom is -0.459 e. The summed E-state index contributed by atoms with van der Waals surface area (Å²) in [6.07, 6.45) is 0. The molecule has 0 fully saturated rings. The molecule has 0 amide bonds. The van der Waals surface area contributed by atoms with Crippen molar-refractivity contribution in [1.82, 2.24) is 10.2 Å². The Morgan fingerprint density at radius 1 is 1.32 bits per heavy atom. The van der Waals surface area contributed by atoms with Gasteiger partial charge in [0.1, 0.15) is 5.60 Å². The van der Waals surface area contributed by atoms with Crippen molar-refractivity contribution < 1.29 is 9.53 Å². The molecule has 1 N–H and O–H groups in total. The van der Waals surface area contributed by atoms with Gasteiger partial charge < -0.3 is 10.1 Å². The fourth-order valence-corrected chi connectivity index (χ4v) is 3.18. The van der Waals surface area contributed by atoms with E-state index in [-0.39, 0.29) is 11.7 Å². The smallest absolute Gasteiger partial charge is 0.316 e. The molecule has 2 rings (SSSR count). The fourth-order valence-electron chi connectivity index (χ4n) is 1.64. The van der Waals surface area contributed by atoms with E-state index in [1.807, 2.05) is 52.0 Å². The molecule has 0 unspecified atom stereocenters. The number of benzene rings is 1. The largest absolute Gasteiger partial charge is 0.459 e. The second-order valence-corrected chi connectivity index (χ2v) is 7.89. The van der Waals surface area contributed by atoms with Crippen LogP contribution in [0.15, 0.2) is 28.6 Å². The summed E-state index contributed by atoms with van der Waals surface area (Å²) in [6.45, 7) is 7.59. The van der Waals surface area contributed by atoms with Crippen LogP contribution in [-0.2, 0) is 9.53 Å². The van der Waals surface area contributed by atoms with Crippen LogP contribution in [0.3, 0.4) is 0 Å². The van der Waals surface area contributed by atoms with Gasteiger partial charge in [-0.3, -0.25) is 4.79 Å². The first-order valence-electron chi connectivity index (χ1n) is 6.84. The van der Waals surface area contributed by atoms with Crippen molar-refractivity contribution in [2.75, 3.05) is 11.1 Å². The summed E-state index contributed by atoms with van der Waals surface area (Å²) in [5.74, 6) is -0.0166. The second kappa shape index (κ2) is 7.11. The van der Waals surface area contributed by atoms with Crippen LogP contribution in [0.1, 0.15) is 26.3 Å². The zero-order valence-corrected chi connectivity index (χ0v) is 14.7. The highest BCUT2D eigenvalue weighted by Crippen LogP contribution is 2.28. The normalized spacial score (nSPS) is 11.3. The zero-order chi connectivity index (χ0) is 16.2. The van der Waals surface area contributed by atoms with Crippen molar-refractivity contribution >= 4 is 39.9 Å². The summed E-state index contributed by atoms with van der Waals surface area (Å²) in [7, 11) is 0. The Labute approximate surface area is 138 Å². The van der Waals surface area contributed by atoms with Crippen molar-refractivity contribution in [3.05, 3.63) is 29.8 Å². The molecule has 1 heterocycles. The standard InChI is InChI=1S/C15H19N3O2S2/c1-10-7-5-6-8-11(10)16-13-17-18-14(22-13)21-9-12(19)20-15(2,3)4/h5-8H,9H2,1-4H3,(H,16,17). The van der Waals surface area contributed by atoms with E-state index in [9.17, 15) is 4.79 Å². The van der Waals surface area contributed by atoms with E-state index in [0.717, 1.165) is 15.6 Å². The van der Waals surface area contributed by atoms with E-state index in [2.05, 4.69) is 15.5 Å². The number of thioether (sulfide) groups is 1. The molecule has 0 aliphatic carbocycles. The lowest BCUT2D eigenvalue weighted by Gasteiger charge is -2.18. The molecule has 0 aliphatic heterocycles. The van der Waals surface area contributed by atoms with Gasteiger partial charge in [0.25, 0.3) is 0 Å². The van der Waals surface area contributed by atoms with Gasteiger partial charge in [-0.1, -0.05) is 41.3 Å². The van der Waals surface area contributed by atoms with E-state index in [4.69, 9.17) is 4.74 Å². The van der Waals surface area contributed by atoms with Gasteiger partial charge in [-0.05, 0) is 39.3 Å². The number of carbonyl (C=O) groups excluding carboxylic acids is 1. The van der Waals surface area contributed by atoms with Crippen molar-refractivity contribution in [2.24, 2.45) is 0 Å². The minimum absolute atomic E-state index is 0.232. The number of aromatic nitrogens is 2. The van der Waals surface area contributed by atoms with Gasteiger partial charge in [-0.2, -0.15) is 0 Å². The number of carbonyl (C=O) groups is 1. The van der Waals surface area contributed by atoms with Crippen molar-refractivity contribution in [3.8, 4) is 0 Å². The molecule has 0 spiro atoms. The highest BCUT2D eigenvalue weighted by atomic mass is 32.2. The molecular weight excluding hydrogens is 318 g/mol. The molecule has 1 aromatic carbocycles. The maximum atomic E-state index is 11.7. The molecule has 0 saturated heterocycles. The van der Waals surface area contributed by atoms with Crippen molar-refractivity contribution in [1.29, 1.82) is 0 Å². The van der Waals surface area contributed by atoms with Crippen LogP contribution >= 0.6 is 23.1 Å². The number of esters is 1. The van der Waals surface area contributed by atoms with Crippen LogP contribution in [0.4, 0.5) is 10.8 Å². The third-order valence-electron chi connectivity index (χ3n) is 2.53. The Kier molecular flexibility index (Phi) is 5.42. The maximum absolute atomic E-state index is 11.7. The van der Waals surface area contributed by atoms with Crippen LogP contribution < -0.4 is 5.32 Å². The molecule has 0 saturated carbocycles. The molecule has 0 atom stereocenters. The third-order valence-corrected chi connectivity index (χ3v) is 4.47. The van der Waals surface area contributed by atoms with Crippen LogP contribution in [0.5, 0.6) is 0 Å². The molecule has 22 heavy (non-hydrogen) atoms. The molecule has 0 aliphatic rings. The predicted molar refractivity (Wildman–Crippen MR) is 90.9 cm³/mol. The van der Waals surface area contributed by atoms with Crippen molar-refractivity contribution in [3.63, 3.8) is 0 Å². The fraction of sp³-hybridized carbons (Fsp3) is 0.400. The van der Waals surface area contributed by atoms with E-state index in [1.165, 1.54) is 23.1 Å². The number of para-hydroxylation sites is 1. The van der Waals surface area contributed by atoms with Gasteiger partial charge in [-0.15, -0.1) is 10.2 Å². The molecular formula is C15H19N3O2S2. The molecule has 7 heteroatoms. The van der Waals surface area contributed by atoms with Gasteiger partial charge in [0.05, 0.1) is 5.75 Å². The molecule has 0 bridgehead atoms. The topological polar surface area (TPSA) is 64.1 Å². The van der Waals surface area contributed by atoms with E-state index < -0.39 is 5.60 Å². The molecule has 2 aromatic rings. The lowest BCUT2D eigenvalue weighted by Crippen LogP contribution is -2.24. The Morgan fingerprint density at radius 3 is 2.73 bits per heavy atom. The van der Waals surface area contributed by atoms with Gasteiger partial charge in [0.2, 0.25) is 5.13 Å². The number of anilines is 2. The molecule has 1 aromatic heterocycles. The Hall–Kier alpha value is -1.60. The predicted octanol–water partition coefficient (Wildman–Crippen LogP) is 4.02. The second-order valence-electron chi connectivity index (χ2n) is 5.69. The highest BCUT2D eigenvalue weighted by Gasteiger charge is 2.17. The number of nitrogens with one attached hydrogen (secondary N) is 1. The lowest BCUT2D eigenvalue weighted by atomic mass is 10.2. The summed E-state index contributed by atoms with van der Waals surface area (Å²) in [4.78, 5) is 11.7. The summed E-state index contributed by atoms with van der Waals surface area (Å²) < 4.78 is 6.00. The first kappa shape index (κ1) is 16.8. The molecule has 5 nitrogen and oxygen atoms in total. The third kappa shape index (κ3) is 5.31. The minimum atomic E-state index is -0.462. The molecule has 0 radical (unpaired) electrons. The summed E-state index contributed by atoms with van der Waals surface area (Å²) in [6, 6.07) is 7.98. The highest BCUT2D eigenvalue weighted by molar-refractivity contribution is 8.01. The Balaban J connectivity index is 1.89. The average molecular weight is 337 g/mol. The molecule has 118 valence electrons. The summed E-state index contributed by atoms with van der Waals surface area (Å²) in [5, 5.41) is 12.1. The number of nitrogens with zero attached hydrogens (tertiary/aromatic N) is 2. The Bertz CT molecular complexity index is 650. The van der Waals surface area contributed by atoms with E-state index >= 15 is 0 Å². The van der Waals surface area contributed by atoms with Crippen molar-refractivity contribution in [2.45, 2.75) is 37.6 Å². The van der Waals surface area contributed by atoms with Crippen LogP contribution in [-0.4, -0.2) is 27.5 Å². The first-order chi connectivity index (χ1) is 10.3. The maximum Gasteiger partial charge on any atom is 0.316 e. The van der Waals surface area contributed by atoms with Gasteiger partial charge in [-0.25, -0.2) is 0 Å². The number of hydrogen-bond donors (Lipinski definition) is 1. The van der Waals surface area contributed by atoms with Crippen LogP contribution in [0.2, 0.25) is 0 Å². The SMILES string of the molecule is Cc1ccccc1Nc1nnc(SCC(=O)OC(C)(C)C)s1. The lowest BCUT2D eigenvalue weighted by molar-refractivity contribution is -0.151. The Morgan fingerprint density at radius 2 is 2.05 bits per heavy atom. The van der Waals surface area contributed by atoms with Gasteiger partial charge >= 0.3 is 5.97 Å². The average Bonchev–Trinajstić information content (AvgIpc) is 2.85. The number of ether oxygens (including phenoxy) is 1. The van der Waals surface area contributed by atoms with E-state index in [1.54, 1.807) is 0 Å². The number of aryl methyl sites for hydroxylation is 1. The van der Waals surface area contributed by atoms with Crippen LogP contribution in [0, 0.1) is 6.92 Å². The van der Waals surface area contributed by atoms with E-state index in [0.29, 0.717) is 5.13 Å². The summed E-state index contributed by atoms with van der Waals surface area (Å²) >= 11 is 2.75. The van der Waals surface area contributed by atoms with Gasteiger partial charge in [0, 0.05) is 5.69 Å². The number of rotatable bonds is 5. The monoisotopic (exact) mass is 337 g/mol. The van der Waals surface area contributed by atoms with Crippen LogP contribution in [0.25, 0.3) is 0 Å². The van der Waals surface area contributed by atoms with Gasteiger partial charge in [0.15, 0.2) is 4.34 Å². The first-order valence-corrected chi connectivity index (χ1v) is 8.64. The zero-order valence-electron chi connectivity index (χ0n) is 13.0. The summed E-state index contributed by atoms with van der Waals surface area (Å²) in [5.41, 5.74) is 1.68. The quantitative estimate of drug-likeness (QED) is 0.656. The number of hydrogen-bond acceptors (Lipinski definition) is 7.